The number of aryl methyl sites for hydroxylation is 1. The van der Waals surface area contributed by atoms with Crippen LogP contribution in [0.3, 0.4) is 0 Å². The molecular weight excluding hydrogens is 272 g/mol. The van der Waals surface area contributed by atoms with Crippen LogP contribution in [0.4, 0.5) is 0 Å². The molecule has 2 heteroatoms. The van der Waals surface area contributed by atoms with E-state index in [1.807, 2.05) is 6.07 Å². The number of aliphatic hydroxyl groups excluding tert-OH is 1. The fourth-order valence-electron chi connectivity index (χ4n) is 4.47. The summed E-state index contributed by atoms with van der Waals surface area (Å²) in [5.41, 5.74) is 7.39. The van der Waals surface area contributed by atoms with E-state index >= 15 is 0 Å². The van der Waals surface area contributed by atoms with Gasteiger partial charge in [0.1, 0.15) is 5.75 Å². The molecule has 22 heavy (non-hydrogen) atoms. The van der Waals surface area contributed by atoms with Gasteiger partial charge in [0, 0.05) is 5.56 Å². The molecule has 1 saturated carbocycles. The highest BCUT2D eigenvalue weighted by molar-refractivity contribution is 5.82. The Morgan fingerprint density at radius 3 is 2.59 bits per heavy atom. The van der Waals surface area contributed by atoms with E-state index in [2.05, 4.69) is 12.1 Å². The Morgan fingerprint density at radius 1 is 0.909 bits per heavy atom. The van der Waals surface area contributed by atoms with E-state index in [1.165, 1.54) is 48.0 Å². The topological polar surface area (TPSA) is 40.5 Å². The second-order valence-electron chi connectivity index (χ2n) is 6.88. The van der Waals surface area contributed by atoms with E-state index in [1.54, 1.807) is 0 Å². The molecule has 1 atom stereocenters. The molecule has 2 N–H and O–H groups in total. The van der Waals surface area contributed by atoms with Crippen molar-refractivity contribution in [1.29, 1.82) is 0 Å². The molecular formula is C20H24O2. The molecule has 1 aromatic carbocycles. The van der Waals surface area contributed by atoms with Crippen LogP contribution in [0.1, 0.15) is 61.6 Å². The molecule has 0 aliphatic heterocycles. The second kappa shape index (κ2) is 5.58. The zero-order valence-corrected chi connectivity index (χ0v) is 13.1. The van der Waals surface area contributed by atoms with Crippen LogP contribution in [0.5, 0.6) is 5.75 Å². The number of phenols is 1. The molecule has 3 aliphatic carbocycles. The number of rotatable bonds is 1. The number of aromatic hydroxyl groups is 1. The van der Waals surface area contributed by atoms with Gasteiger partial charge in [0.2, 0.25) is 0 Å². The van der Waals surface area contributed by atoms with E-state index in [9.17, 15) is 10.2 Å². The number of aliphatic hydroxyl groups is 1. The first-order valence-corrected chi connectivity index (χ1v) is 8.70. The molecule has 116 valence electrons. The minimum absolute atomic E-state index is 0.356. The summed E-state index contributed by atoms with van der Waals surface area (Å²) < 4.78 is 0. The zero-order valence-electron chi connectivity index (χ0n) is 13.1. The van der Waals surface area contributed by atoms with Gasteiger partial charge >= 0.3 is 0 Å². The monoisotopic (exact) mass is 296 g/mol. The second-order valence-corrected chi connectivity index (χ2v) is 6.88. The summed E-state index contributed by atoms with van der Waals surface area (Å²) in [7, 11) is 0. The SMILES string of the molecule is Oc1ccc2c(c1C1=C3CCCCC3=CCC1O)CCCC2. The maximum Gasteiger partial charge on any atom is 0.123 e. The fraction of sp³-hybridized carbons (Fsp3) is 0.500. The molecule has 4 rings (SSSR count). The summed E-state index contributed by atoms with van der Waals surface area (Å²) in [6.45, 7) is 0. The van der Waals surface area contributed by atoms with E-state index < -0.39 is 6.10 Å². The van der Waals surface area contributed by atoms with Gasteiger partial charge in [-0.2, -0.15) is 0 Å². The lowest BCUT2D eigenvalue weighted by atomic mass is 9.75. The van der Waals surface area contributed by atoms with Crippen LogP contribution in [-0.2, 0) is 12.8 Å². The van der Waals surface area contributed by atoms with Crippen molar-refractivity contribution in [3.05, 3.63) is 46.0 Å². The van der Waals surface area contributed by atoms with Crippen molar-refractivity contribution in [2.24, 2.45) is 0 Å². The van der Waals surface area contributed by atoms with Crippen molar-refractivity contribution in [2.75, 3.05) is 0 Å². The maximum absolute atomic E-state index is 10.7. The summed E-state index contributed by atoms with van der Waals surface area (Å²) in [6, 6.07) is 3.91. The summed E-state index contributed by atoms with van der Waals surface area (Å²) in [5.74, 6) is 0.356. The minimum Gasteiger partial charge on any atom is -0.507 e. The molecule has 0 spiro atoms. The molecule has 0 amide bonds. The van der Waals surface area contributed by atoms with Crippen molar-refractivity contribution in [3.63, 3.8) is 0 Å². The van der Waals surface area contributed by atoms with Crippen LogP contribution in [0.25, 0.3) is 5.57 Å². The Hall–Kier alpha value is -1.54. The van der Waals surface area contributed by atoms with Crippen LogP contribution in [-0.4, -0.2) is 16.3 Å². The highest BCUT2D eigenvalue weighted by Gasteiger charge is 2.30. The number of allylic oxidation sites excluding steroid dienone is 2. The third kappa shape index (κ3) is 2.21. The fourth-order valence-corrected chi connectivity index (χ4v) is 4.47. The van der Waals surface area contributed by atoms with Crippen LogP contribution in [0.2, 0.25) is 0 Å². The van der Waals surface area contributed by atoms with E-state index in [0.29, 0.717) is 12.2 Å². The zero-order chi connectivity index (χ0) is 15.1. The molecule has 3 aliphatic rings. The van der Waals surface area contributed by atoms with Gasteiger partial charge in [-0.1, -0.05) is 12.1 Å². The highest BCUT2D eigenvalue weighted by atomic mass is 16.3. The van der Waals surface area contributed by atoms with Crippen molar-refractivity contribution in [2.45, 2.75) is 63.9 Å². The quantitative estimate of drug-likeness (QED) is 0.811. The van der Waals surface area contributed by atoms with Gasteiger partial charge in [-0.15, -0.1) is 0 Å². The van der Waals surface area contributed by atoms with Crippen LogP contribution >= 0.6 is 0 Å². The third-order valence-corrected chi connectivity index (χ3v) is 5.54. The molecule has 0 aromatic heterocycles. The van der Waals surface area contributed by atoms with E-state index in [0.717, 1.165) is 36.8 Å². The largest absolute Gasteiger partial charge is 0.507 e. The van der Waals surface area contributed by atoms with Gasteiger partial charge in [-0.3, -0.25) is 0 Å². The highest BCUT2D eigenvalue weighted by Crippen LogP contribution is 2.45. The first-order chi connectivity index (χ1) is 10.8. The molecule has 1 aromatic rings. The van der Waals surface area contributed by atoms with Crippen molar-refractivity contribution in [3.8, 4) is 5.75 Å². The average Bonchev–Trinajstić information content (AvgIpc) is 2.56. The Labute approximate surface area is 132 Å². The normalized spacial score (nSPS) is 24.6. The maximum atomic E-state index is 10.7. The number of hydrogen-bond donors (Lipinski definition) is 2. The molecule has 1 unspecified atom stereocenters. The van der Waals surface area contributed by atoms with Crippen LogP contribution < -0.4 is 0 Å². The Morgan fingerprint density at radius 2 is 1.68 bits per heavy atom. The average molecular weight is 296 g/mol. The van der Waals surface area contributed by atoms with E-state index in [-0.39, 0.29) is 0 Å². The number of hydrogen-bond acceptors (Lipinski definition) is 2. The standard InChI is InChI=1S/C20H24O2/c21-17-11-9-13-5-1-3-7-15(13)19(17)20-16-8-4-2-6-14(16)10-12-18(20)22/h9-11,18,21-22H,1-8,12H2. The van der Waals surface area contributed by atoms with Crippen LogP contribution in [0.15, 0.2) is 29.4 Å². The van der Waals surface area contributed by atoms with Crippen molar-refractivity contribution in [1.82, 2.24) is 0 Å². The lowest BCUT2D eigenvalue weighted by Gasteiger charge is -2.32. The van der Waals surface area contributed by atoms with Gasteiger partial charge in [0.05, 0.1) is 6.10 Å². The lowest BCUT2D eigenvalue weighted by Crippen LogP contribution is -2.20. The predicted octanol–water partition coefficient (Wildman–Crippen LogP) is 4.29. The molecule has 1 fully saturated rings. The predicted molar refractivity (Wildman–Crippen MR) is 88.8 cm³/mol. The molecule has 0 saturated heterocycles. The van der Waals surface area contributed by atoms with Gasteiger partial charge in [-0.25, -0.2) is 0 Å². The first kappa shape index (κ1) is 14.1. The lowest BCUT2D eigenvalue weighted by molar-refractivity contribution is 0.232. The number of phenolic OH excluding ortho intramolecular Hbond substituents is 1. The van der Waals surface area contributed by atoms with Crippen LogP contribution in [0, 0.1) is 0 Å². The molecule has 0 radical (unpaired) electrons. The summed E-state index contributed by atoms with van der Waals surface area (Å²) in [5, 5.41) is 21.2. The molecule has 2 nitrogen and oxygen atoms in total. The number of fused-ring (bicyclic) bond motifs is 2. The van der Waals surface area contributed by atoms with Gasteiger partial charge in [0.25, 0.3) is 0 Å². The minimum atomic E-state index is -0.462. The Kier molecular flexibility index (Phi) is 3.57. The first-order valence-electron chi connectivity index (χ1n) is 8.70. The molecule has 0 heterocycles. The van der Waals surface area contributed by atoms with Crippen molar-refractivity contribution < 1.29 is 10.2 Å². The third-order valence-electron chi connectivity index (χ3n) is 5.54. The number of benzene rings is 1. The smallest absolute Gasteiger partial charge is 0.123 e. The summed E-state index contributed by atoms with van der Waals surface area (Å²) in [6.07, 6.45) is 11.6. The Bertz CT molecular complexity index is 667. The Balaban J connectivity index is 1.93. The van der Waals surface area contributed by atoms with Crippen molar-refractivity contribution >= 4 is 5.57 Å². The summed E-state index contributed by atoms with van der Waals surface area (Å²) >= 11 is 0. The molecule has 0 bridgehead atoms. The van der Waals surface area contributed by atoms with Gasteiger partial charge < -0.3 is 10.2 Å². The van der Waals surface area contributed by atoms with Gasteiger partial charge in [-0.05, 0) is 91.7 Å². The van der Waals surface area contributed by atoms with E-state index in [4.69, 9.17) is 0 Å². The summed E-state index contributed by atoms with van der Waals surface area (Å²) in [4.78, 5) is 0. The van der Waals surface area contributed by atoms with Gasteiger partial charge in [0.15, 0.2) is 0 Å².